The zero-order chi connectivity index (χ0) is 12.3. The van der Waals surface area contributed by atoms with Crippen LogP contribution in [0.2, 0.25) is 0 Å². The highest BCUT2D eigenvalue weighted by Gasteiger charge is 2.33. The molecule has 0 aromatic carbocycles. The topological polar surface area (TPSA) is 30.3 Å². The minimum Gasteiger partial charge on any atom is -0.304 e. The lowest BCUT2D eigenvalue weighted by molar-refractivity contribution is 0.0836. The van der Waals surface area contributed by atoms with Gasteiger partial charge in [0.1, 0.15) is 5.54 Å². The summed E-state index contributed by atoms with van der Waals surface area (Å²) < 4.78 is 0. The molecule has 2 rings (SSSR count). The van der Waals surface area contributed by atoms with Crippen molar-refractivity contribution < 1.29 is 0 Å². The summed E-state index contributed by atoms with van der Waals surface area (Å²) in [5.41, 5.74) is 0.917. The predicted octanol–water partition coefficient (Wildman–Crippen LogP) is 1.82. The Hall–Kier alpha value is -0.890. The molecule has 3 nitrogen and oxygen atoms in total. The first-order valence-electron chi connectivity index (χ1n) is 6.00. The number of hydrogen-bond donors (Lipinski definition) is 0. The molecule has 2 heterocycles. The van der Waals surface area contributed by atoms with Gasteiger partial charge in [-0.05, 0) is 36.4 Å². The molecule has 1 unspecified atom stereocenters. The molecule has 4 heteroatoms. The lowest BCUT2D eigenvalue weighted by atomic mass is 9.93. The van der Waals surface area contributed by atoms with E-state index in [1.165, 1.54) is 5.56 Å². The van der Waals surface area contributed by atoms with Crippen LogP contribution in [0.1, 0.15) is 12.5 Å². The maximum Gasteiger partial charge on any atom is 0.110 e. The van der Waals surface area contributed by atoms with Gasteiger partial charge in [-0.1, -0.05) is 0 Å². The van der Waals surface area contributed by atoms with Crippen LogP contribution in [-0.2, 0) is 6.42 Å². The molecule has 92 valence electrons. The Bertz CT molecular complexity index is 387. The molecule has 1 aliphatic rings. The van der Waals surface area contributed by atoms with Crippen molar-refractivity contribution in [2.24, 2.45) is 0 Å². The average molecular weight is 249 g/mol. The highest BCUT2D eigenvalue weighted by atomic mass is 32.1. The zero-order valence-corrected chi connectivity index (χ0v) is 11.3. The minimum absolute atomic E-state index is 0.359. The minimum atomic E-state index is -0.359. The van der Waals surface area contributed by atoms with Gasteiger partial charge in [0, 0.05) is 32.6 Å². The summed E-state index contributed by atoms with van der Waals surface area (Å²) in [4.78, 5) is 4.64. The molecular weight excluding hydrogens is 230 g/mol. The highest BCUT2D eigenvalue weighted by Crippen LogP contribution is 2.23. The third-order valence-electron chi connectivity index (χ3n) is 3.57. The van der Waals surface area contributed by atoms with E-state index in [1.807, 2.05) is 0 Å². The van der Waals surface area contributed by atoms with E-state index < -0.39 is 0 Å². The average Bonchev–Trinajstić information content (AvgIpc) is 2.82. The summed E-state index contributed by atoms with van der Waals surface area (Å²) in [6.07, 6.45) is 0.830. The van der Waals surface area contributed by atoms with E-state index in [0.717, 1.165) is 32.6 Å². The first-order valence-corrected chi connectivity index (χ1v) is 6.94. The lowest BCUT2D eigenvalue weighted by Gasteiger charge is -2.41. The lowest BCUT2D eigenvalue weighted by Crippen LogP contribution is -2.55. The number of thiophene rings is 1. The summed E-state index contributed by atoms with van der Waals surface area (Å²) in [6.45, 7) is 6.16. The van der Waals surface area contributed by atoms with Crippen LogP contribution in [0.5, 0.6) is 0 Å². The van der Waals surface area contributed by atoms with Crippen molar-refractivity contribution in [2.75, 3.05) is 33.2 Å². The molecule has 0 aliphatic carbocycles. The third-order valence-corrected chi connectivity index (χ3v) is 4.30. The van der Waals surface area contributed by atoms with Gasteiger partial charge in [-0.3, -0.25) is 4.90 Å². The smallest absolute Gasteiger partial charge is 0.110 e. The fraction of sp³-hybridized carbons (Fsp3) is 0.615. The van der Waals surface area contributed by atoms with Crippen LogP contribution in [0.15, 0.2) is 16.8 Å². The Morgan fingerprint density at radius 3 is 2.65 bits per heavy atom. The maximum absolute atomic E-state index is 9.50. The third kappa shape index (κ3) is 2.86. The van der Waals surface area contributed by atoms with Gasteiger partial charge in [-0.25, -0.2) is 0 Å². The van der Waals surface area contributed by atoms with Crippen LogP contribution in [0.3, 0.4) is 0 Å². The van der Waals surface area contributed by atoms with Crippen molar-refractivity contribution in [3.05, 3.63) is 22.4 Å². The number of piperazine rings is 1. The summed E-state index contributed by atoms with van der Waals surface area (Å²) in [7, 11) is 2.14. The second-order valence-electron chi connectivity index (χ2n) is 4.98. The normalized spacial score (nSPS) is 21.9. The van der Waals surface area contributed by atoms with Gasteiger partial charge in [-0.2, -0.15) is 16.6 Å². The van der Waals surface area contributed by atoms with Crippen molar-refractivity contribution in [1.82, 2.24) is 9.80 Å². The van der Waals surface area contributed by atoms with E-state index >= 15 is 0 Å². The van der Waals surface area contributed by atoms with Gasteiger partial charge in [0.2, 0.25) is 0 Å². The summed E-state index contributed by atoms with van der Waals surface area (Å²) in [5.74, 6) is 0. The van der Waals surface area contributed by atoms with Gasteiger partial charge < -0.3 is 4.90 Å². The molecule has 1 aromatic rings. The second kappa shape index (κ2) is 5.18. The fourth-order valence-electron chi connectivity index (χ4n) is 2.31. The quantitative estimate of drug-likeness (QED) is 0.818. The Kier molecular flexibility index (Phi) is 3.82. The van der Waals surface area contributed by atoms with E-state index in [-0.39, 0.29) is 5.54 Å². The standard InChI is InChI=1S/C13H19N3S/c1-13(11-14,9-12-3-8-17-10-12)16-6-4-15(2)5-7-16/h3,8,10H,4-7,9H2,1-2H3. The summed E-state index contributed by atoms with van der Waals surface area (Å²) in [6, 6.07) is 4.63. The van der Waals surface area contributed by atoms with Gasteiger partial charge in [0.05, 0.1) is 6.07 Å². The SMILES string of the molecule is CN1CCN(C(C)(C#N)Cc2ccsc2)CC1. The molecule has 0 amide bonds. The van der Waals surface area contributed by atoms with Crippen molar-refractivity contribution in [2.45, 2.75) is 18.9 Å². The van der Waals surface area contributed by atoms with Crippen LogP contribution in [-0.4, -0.2) is 48.6 Å². The van der Waals surface area contributed by atoms with Crippen LogP contribution in [0.25, 0.3) is 0 Å². The molecule has 1 aromatic heterocycles. The van der Waals surface area contributed by atoms with Crippen LogP contribution in [0, 0.1) is 11.3 Å². The Morgan fingerprint density at radius 1 is 1.41 bits per heavy atom. The first-order chi connectivity index (χ1) is 8.14. The molecule has 1 atom stereocenters. The van der Waals surface area contributed by atoms with Crippen LogP contribution < -0.4 is 0 Å². The summed E-state index contributed by atoms with van der Waals surface area (Å²) in [5, 5.41) is 13.7. The monoisotopic (exact) mass is 249 g/mol. The van der Waals surface area contributed by atoms with Gasteiger partial charge in [0.25, 0.3) is 0 Å². The Morgan fingerprint density at radius 2 is 2.12 bits per heavy atom. The van der Waals surface area contributed by atoms with E-state index in [1.54, 1.807) is 11.3 Å². The van der Waals surface area contributed by atoms with Crippen molar-refractivity contribution in [3.63, 3.8) is 0 Å². The van der Waals surface area contributed by atoms with E-state index in [0.29, 0.717) is 0 Å². The highest BCUT2D eigenvalue weighted by molar-refractivity contribution is 7.07. The zero-order valence-electron chi connectivity index (χ0n) is 10.5. The number of nitriles is 1. The molecule has 1 fully saturated rings. The fourth-order valence-corrected chi connectivity index (χ4v) is 2.98. The molecule has 1 aliphatic heterocycles. The molecule has 17 heavy (non-hydrogen) atoms. The van der Waals surface area contributed by atoms with Crippen molar-refractivity contribution in [3.8, 4) is 6.07 Å². The van der Waals surface area contributed by atoms with Crippen molar-refractivity contribution in [1.29, 1.82) is 5.26 Å². The number of likely N-dealkylation sites (N-methyl/N-ethyl adjacent to an activating group) is 1. The second-order valence-corrected chi connectivity index (χ2v) is 5.76. The summed E-state index contributed by atoms with van der Waals surface area (Å²) >= 11 is 1.70. The maximum atomic E-state index is 9.50. The number of rotatable bonds is 3. The van der Waals surface area contributed by atoms with Crippen LogP contribution in [0.4, 0.5) is 0 Å². The Balaban J connectivity index is 2.06. The van der Waals surface area contributed by atoms with E-state index in [2.05, 4.69) is 46.7 Å². The van der Waals surface area contributed by atoms with Gasteiger partial charge >= 0.3 is 0 Å². The van der Waals surface area contributed by atoms with Gasteiger partial charge in [0.15, 0.2) is 0 Å². The largest absolute Gasteiger partial charge is 0.304 e. The predicted molar refractivity (Wildman–Crippen MR) is 71.1 cm³/mol. The van der Waals surface area contributed by atoms with Crippen molar-refractivity contribution >= 4 is 11.3 Å². The molecule has 0 N–H and O–H groups in total. The number of nitrogens with zero attached hydrogens (tertiary/aromatic N) is 3. The molecule has 0 bridgehead atoms. The molecular formula is C13H19N3S. The van der Waals surface area contributed by atoms with E-state index in [9.17, 15) is 5.26 Å². The molecule has 0 radical (unpaired) electrons. The number of hydrogen-bond acceptors (Lipinski definition) is 4. The molecule has 0 spiro atoms. The molecule has 1 saturated heterocycles. The van der Waals surface area contributed by atoms with Gasteiger partial charge in [-0.15, -0.1) is 0 Å². The first kappa shape index (κ1) is 12.6. The molecule has 0 saturated carbocycles. The Labute approximate surface area is 107 Å². The van der Waals surface area contributed by atoms with E-state index in [4.69, 9.17) is 0 Å². The van der Waals surface area contributed by atoms with Crippen LogP contribution >= 0.6 is 11.3 Å².